The summed E-state index contributed by atoms with van der Waals surface area (Å²) in [5, 5.41) is 0. The molecule has 0 spiro atoms. The molecule has 0 aliphatic rings. The van der Waals surface area contributed by atoms with E-state index in [4.69, 9.17) is 9.47 Å². The van der Waals surface area contributed by atoms with Crippen molar-refractivity contribution in [3.05, 3.63) is 57.2 Å². The van der Waals surface area contributed by atoms with Gasteiger partial charge >= 0.3 is 0 Å². The Labute approximate surface area is 166 Å². The van der Waals surface area contributed by atoms with Gasteiger partial charge in [0.15, 0.2) is 0 Å². The van der Waals surface area contributed by atoms with Gasteiger partial charge in [-0.3, -0.25) is 20.4 Å². The number of nitrogens with one attached hydrogen (secondary N) is 2. The first kappa shape index (κ1) is 20.0. The predicted molar refractivity (Wildman–Crippen MR) is 107 cm³/mol. The first-order chi connectivity index (χ1) is 12.4. The van der Waals surface area contributed by atoms with Crippen LogP contribution in [0.25, 0.3) is 0 Å². The summed E-state index contributed by atoms with van der Waals surface area (Å²) in [6, 6.07) is 11.8. The van der Waals surface area contributed by atoms with E-state index >= 15 is 0 Å². The highest BCUT2D eigenvalue weighted by Gasteiger charge is 2.11. The highest BCUT2D eigenvalue weighted by Crippen LogP contribution is 2.21. The number of benzene rings is 2. The summed E-state index contributed by atoms with van der Waals surface area (Å²) < 4.78 is 11.5. The Bertz CT molecular complexity index is 776. The fraction of sp³-hybridized carbons (Fsp3) is 0.263. The van der Waals surface area contributed by atoms with E-state index in [0.29, 0.717) is 35.2 Å². The number of rotatable bonds is 6. The fourth-order valence-corrected chi connectivity index (χ4v) is 2.77. The lowest BCUT2D eigenvalue weighted by molar-refractivity contribution is 0.0846. The minimum atomic E-state index is -0.407. The monoisotopic (exact) mass is 468 g/mol. The maximum Gasteiger partial charge on any atom is 0.269 e. The zero-order valence-electron chi connectivity index (χ0n) is 14.8. The summed E-state index contributed by atoms with van der Waals surface area (Å²) >= 11 is 2.08. The molecule has 0 aromatic heterocycles. The van der Waals surface area contributed by atoms with Crippen LogP contribution in [0, 0.1) is 9.49 Å². The minimum absolute atomic E-state index is 0.406. The van der Waals surface area contributed by atoms with Crippen molar-refractivity contribution in [1.29, 1.82) is 0 Å². The first-order valence-electron chi connectivity index (χ1n) is 8.07. The number of amides is 2. The summed E-state index contributed by atoms with van der Waals surface area (Å²) in [6.07, 6.45) is 0. The zero-order valence-corrected chi connectivity index (χ0v) is 17.0. The molecule has 0 unspecified atom stereocenters. The van der Waals surface area contributed by atoms with Crippen LogP contribution in [0.15, 0.2) is 42.5 Å². The molecule has 0 bridgehead atoms. The Balaban J connectivity index is 1.91. The van der Waals surface area contributed by atoms with Gasteiger partial charge in [0, 0.05) is 11.1 Å². The summed E-state index contributed by atoms with van der Waals surface area (Å²) in [4.78, 5) is 24.3. The van der Waals surface area contributed by atoms with Gasteiger partial charge in [-0.05, 0) is 71.0 Å². The first-order valence-corrected chi connectivity index (χ1v) is 9.15. The molecule has 0 heterocycles. The van der Waals surface area contributed by atoms with Gasteiger partial charge in [-0.1, -0.05) is 13.8 Å². The zero-order chi connectivity index (χ0) is 19.1. The van der Waals surface area contributed by atoms with Crippen LogP contribution in [-0.4, -0.2) is 25.5 Å². The van der Waals surface area contributed by atoms with Crippen molar-refractivity contribution in [2.45, 2.75) is 13.8 Å². The molecule has 0 atom stereocenters. The second kappa shape index (κ2) is 9.42. The number of methoxy groups -OCH3 is 1. The van der Waals surface area contributed by atoms with Crippen molar-refractivity contribution in [1.82, 2.24) is 10.9 Å². The molecule has 2 aromatic rings. The van der Waals surface area contributed by atoms with Crippen molar-refractivity contribution in [3.8, 4) is 11.5 Å². The topological polar surface area (TPSA) is 76.7 Å². The summed E-state index contributed by atoms with van der Waals surface area (Å²) in [7, 11) is 1.57. The smallest absolute Gasteiger partial charge is 0.269 e. The third-order valence-corrected chi connectivity index (χ3v) is 4.25. The minimum Gasteiger partial charge on any atom is -0.496 e. The van der Waals surface area contributed by atoms with E-state index in [1.807, 2.05) is 0 Å². The second-order valence-electron chi connectivity index (χ2n) is 5.99. The van der Waals surface area contributed by atoms with E-state index in [0.717, 1.165) is 3.57 Å². The molecule has 2 amide bonds. The van der Waals surface area contributed by atoms with Crippen LogP contribution in [0.2, 0.25) is 0 Å². The van der Waals surface area contributed by atoms with Crippen LogP contribution in [0.1, 0.15) is 34.6 Å². The highest BCUT2D eigenvalue weighted by atomic mass is 127. The molecule has 0 saturated heterocycles. The predicted octanol–water partition coefficient (Wildman–Crippen LogP) is 3.41. The quantitative estimate of drug-likeness (QED) is 0.504. The van der Waals surface area contributed by atoms with Gasteiger partial charge in [-0.2, -0.15) is 0 Å². The van der Waals surface area contributed by atoms with E-state index < -0.39 is 11.8 Å². The van der Waals surface area contributed by atoms with Crippen molar-refractivity contribution in [2.75, 3.05) is 13.7 Å². The Morgan fingerprint density at radius 3 is 2.12 bits per heavy atom. The molecule has 7 heteroatoms. The summed E-state index contributed by atoms with van der Waals surface area (Å²) in [5.74, 6) is 1.00. The van der Waals surface area contributed by atoms with Crippen LogP contribution in [0.3, 0.4) is 0 Å². The second-order valence-corrected chi connectivity index (χ2v) is 7.15. The third kappa shape index (κ3) is 5.62. The highest BCUT2D eigenvalue weighted by molar-refractivity contribution is 14.1. The molecule has 2 rings (SSSR count). The van der Waals surface area contributed by atoms with Crippen molar-refractivity contribution in [2.24, 2.45) is 5.92 Å². The summed E-state index contributed by atoms with van der Waals surface area (Å²) in [6.45, 7) is 4.74. The van der Waals surface area contributed by atoms with Gasteiger partial charge in [0.25, 0.3) is 11.8 Å². The van der Waals surface area contributed by atoms with E-state index in [1.54, 1.807) is 49.6 Å². The SMILES string of the molecule is COc1ccc(C(=O)NNC(=O)c2ccc(OCC(C)C)cc2)cc1I. The number of hydrazine groups is 1. The van der Waals surface area contributed by atoms with Crippen LogP contribution in [0.4, 0.5) is 0 Å². The molecule has 2 aromatic carbocycles. The molecular weight excluding hydrogens is 447 g/mol. The van der Waals surface area contributed by atoms with Gasteiger partial charge in [0.2, 0.25) is 0 Å². The lowest BCUT2D eigenvalue weighted by Crippen LogP contribution is -2.41. The fourth-order valence-electron chi connectivity index (χ4n) is 2.03. The van der Waals surface area contributed by atoms with Crippen molar-refractivity contribution in [3.63, 3.8) is 0 Å². The van der Waals surface area contributed by atoms with Gasteiger partial charge in [-0.15, -0.1) is 0 Å². The van der Waals surface area contributed by atoms with Gasteiger partial charge in [0.1, 0.15) is 11.5 Å². The Hall–Kier alpha value is -2.29. The Kier molecular flexibility index (Phi) is 7.26. The number of hydrogen-bond donors (Lipinski definition) is 2. The Morgan fingerprint density at radius 1 is 1.00 bits per heavy atom. The van der Waals surface area contributed by atoms with E-state index in [-0.39, 0.29) is 0 Å². The van der Waals surface area contributed by atoms with E-state index in [1.165, 1.54) is 0 Å². The largest absolute Gasteiger partial charge is 0.496 e. The van der Waals surface area contributed by atoms with Crippen LogP contribution < -0.4 is 20.3 Å². The average Bonchev–Trinajstić information content (AvgIpc) is 2.64. The summed E-state index contributed by atoms with van der Waals surface area (Å²) in [5.41, 5.74) is 5.65. The lowest BCUT2D eigenvalue weighted by Gasteiger charge is -2.10. The maximum absolute atomic E-state index is 12.1. The number of carbonyl (C=O) groups is 2. The van der Waals surface area contributed by atoms with Crippen LogP contribution in [0.5, 0.6) is 11.5 Å². The molecule has 0 saturated carbocycles. The van der Waals surface area contributed by atoms with Gasteiger partial charge in [-0.25, -0.2) is 0 Å². The van der Waals surface area contributed by atoms with Crippen LogP contribution in [-0.2, 0) is 0 Å². The number of carbonyl (C=O) groups excluding carboxylic acids is 2. The van der Waals surface area contributed by atoms with Crippen LogP contribution >= 0.6 is 22.6 Å². The average molecular weight is 468 g/mol. The number of halogens is 1. The Morgan fingerprint density at radius 2 is 1.58 bits per heavy atom. The van der Waals surface area contributed by atoms with Gasteiger partial charge < -0.3 is 9.47 Å². The molecule has 26 heavy (non-hydrogen) atoms. The molecule has 6 nitrogen and oxygen atoms in total. The van der Waals surface area contributed by atoms with E-state index in [9.17, 15) is 9.59 Å². The van der Waals surface area contributed by atoms with Crippen molar-refractivity contribution < 1.29 is 19.1 Å². The lowest BCUT2D eigenvalue weighted by atomic mass is 10.2. The number of hydrogen-bond acceptors (Lipinski definition) is 4. The maximum atomic E-state index is 12.1. The van der Waals surface area contributed by atoms with E-state index in [2.05, 4.69) is 47.3 Å². The van der Waals surface area contributed by atoms with Crippen molar-refractivity contribution >= 4 is 34.4 Å². The molecule has 0 aliphatic heterocycles. The molecular formula is C19H21IN2O4. The molecule has 0 aliphatic carbocycles. The normalized spacial score (nSPS) is 10.3. The van der Waals surface area contributed by atoms with Gasteiger partial charge in [0.05, 0.1) is 17.3 Å². The number of ether oxygens (including phenoxy) is 2. The molecule has 138 valence electrons. The molecule has 0 fully saturated rings. The molecule has 2 N–H and O–H groups in total. The standard InChI is InChI=1S/C19H21IN2O4/c1-12(2)11-26-15-7-4-13(5-8-15)18(23)21-22-19(24)14-6-9-17(25-3)16(20)10-14/h4-10,12H,11H2,1-3H3,(H,21,23)(H,22,24). The third-order valence-electron chi connectivity index (χ3n) is 3.40. The molecule has 0 radical (unpaired) electrons.